The molecule has 41 heavy (non-hydrogen) atoms. The molecule has 0 saturated heterocycles. The molecule has 0 aliphatic heterocycles. The van der Waals surface area contributed by atoms with Crippen LogP contribution in [-0.4, -0.2) is 45.4 Å². The Morgan fingerprint density at radius 1 is 0.780 bits per heavy atom. The minimum atomic E-state index is -1.24. The number of Topliss-reactive ketones (excluding diaryl/α,β-unsaturated/α-hetero) is 1. The molecule has 10 heteroatoms. The summed E-state index contributed by atoms with van der Waals surface area (Å²) in [5, 5.41) is 3.34. The van der Waals surface area contributed by atoms with Crippen molar-refractivity contribution in [1.82, 2.24) is 0 Å². The zero-order valence-corrected chi connectivity index (χ0v) is 22.9. The topological polar surface area (TPSA) is 137 Å². The van der Waals surface area contributed by atoms with E-state index in [-0.39, 0.29) is 18.9 Å². The number of azide groups is 1. The Bertz CT molecular complexity index is 1490. The largest absolute Gasteiger partial charge is 0.493 e. The summed E-state index contributed by atoms with van der Waals surface area (Å²) in [4.78, 5) is 42.2. The maximum atomic E-state index is 13.3. The predicted octanol–water partition coefficient (Wildman–Crippen LogP) is 6.11. The van der Waals surface area contributed by atoms with Crippen LogP contribution in [0.1, 0.15) is 27.9 Å². The van der Waals surface area contributed by atoms with Gasteiger partial charge in [0.25, 0.3) is 0 Å². The molecule has 3 aromatic carbocycles. The zero-order valence-electron chi connectivity index (χ0n) is 22.9. The summed E-state index contributed by atoms with van der Waals surface area (Å²) in [5.74, 6) is -0.900. The van der Waals surface area contributed by atoms with Crippen LogP contribution >= 0.6 is 0 Å². The molecule has 210 valence electrons. The fraction of sp³-hybridized carbons (Fsp3) is 0.194. The Labute approximate surface area is 237 Å². The SMILES string of the molecule is COc1ccc(/C=C/C(=O)C(CC(=O)c2ccccc2)C(=O)/C=C/c2ccc(OC)c(OCN=[N+]=[N-])c2)cc1OC. The molecule has 0 saturated carbocycles. The van der Waals surface area contributed by atoms with Gasteiger partial charge in [-0.15, -0.1) is 0 Å². The Morgan fingerprint density at radius 2 is 1.32 bits per heavy atom. The first-order valence-corrected chi connectivity index (χ1v) is 12.5. The quantitative estimate of drug-likeness (QED) is 0.0551. The second kappa shape index (κ2) is 15.3. The van der Waals surface area contributed by atoms with Crippen LogP contribution in [0.5, 0.6) is 23.0 Å². The highest BCUT2D eigenvalue weighted by Gasteiger charge is 2.26. The van der Waals surface area contributed by atoms with E-state index in [1.165, 1.54) is 39.6 Å². The van der Waals surface area contributed by atoms with Gasteiger partial charge in [-0.2, -0.15) is 0 Å². The molecule has 10 nitrogen and oxygen atoms in total. The maximum absolute atomic E-state index is 13.3. The summed E-state index contributed by atoms with van der Waals surface area (Å²) in [6, 6.07) is 18.5. The number of hydrogen-bond donors (Lipinski definition) is 0. The molecular formula is C31H29N3O7. The molecule has 3 aromatic rings. The highest BCUT2D eigenvalue weighted by Crippen LogP contribution is 2.29. The predicted molar refractivity (Wildman–Crippen MR) is 154 cm³/mol. The van der Waals surface area contributed by atoms with E-state index in [1.807, 2.05) is 0 Å². The van der Waals surface area contributed by atoms with Crippen LogP contribution in [0.25, 0.3) is 22.6 Å². The first kappa shape index (κ1) is 30.2. The van der Waals surface area contributed by atoms with Crippen LogP contribution < -0.4 is 18.9 Å². The molecule has 0 amide bonds. The second-order valence-corrected chi connectivity index (χ2v) is 8.55. The summed E-state index contributed by atoms with van der Waals surface area (Å²) in [6.07, 6.45) is 5.30. The van der Waals surface area contributed by atoms with E-state index in [0.29, 0.717) is 39.7 Å². The van der Waals surface area contributed by atoms with Gasteiger partial charge < -0.3 is 18.9 Å². The van der Waals surface area contributed by atoms with Crippen molar-refractivity contribution in [2.75, 3.05) is 28.1 Å². The molecule has 0 heterocycles. The number of ether oxygens (including phenoxy) is 4. The van der Waals surface area contributed by atoms with Gasteiger partial charge in [0.15, 0.2) is 47.1 Å². The lowest BCUT2D eigenvalue weighted by molar-refractivity contribution is -0.127. The van der Waals surface area contributed by atoms with Gasteiger partial charge in [-0.1, -0.05) is 59.7 Å². The van der Waals surface area contributed by atoms with Crippen molar-refractivity contribution in [1.29, 1.82) is 0 Å². The summed E-state index contributed by atoms with van der Waals surface area (Å²) in [6.45, 7) is -0.246. The number of ketones is 3. The molecule has 1 unspecified atom stereocenters. The fourth-order valence-corrected chi connectivity index (χ4v) is 3.85. The monoisotopic (exact) mass is 555 g/mol. The van der Waals surface area contributed by atoms with Gasteiger partial charge in [-0.3, -0.25) is 14.4 Å². The van der Waals surface area contributed by atoms with Crippen LogP contribution in [0, 0.1) is 5.92 Å². The lowest BCUT2D eigenvalue weighted by Gasteiger charge is -2.11. The highest BCUT2D eigenvalue weighted by atomic mass is 16.5. The van der Waals surface area contributed by atoms with Crippen LogP contribution in [-0.2, 0) is 9.59 Å². The van der Waals surface area contributed by atoms with Gasteiger partial charge in [0.1, 0.15) is 0 Å². The van der Waals surface area contributed by atoms with Gasteiger partial charge in [-0.25, -0.2) is 0 Å². The van der Waals surface area contributed by atoms with E-state index < -0.39 is 17.5 Å². The van der Waals surface area contributed by atoms with Crippen molar-refractivity contribution in [3.8, 4) is 23.0 Å². The highest BCUT2D eigenvalue weighted by molar-refractivity contribution is 6.16. The lowest BCUT2D eigenvalue weighted by atomic mass is 9.89. The van der Waals surface area contributed by atoms with Crippen molar-refractivity contribution >= 4 is 29.5 Å². The number of benzene rings is 3. The van der Waals surface area contributed by atoms with Gasteiger partial charge in [0.2, 0.25) is 0 Å². The van der Waals surface area contributed by atoms with Crippen LogP contribution in [0.2, 0.25) is 0 Å². The van der Waals surface area contributed by atoms with E-state index in [1.54, 1.807) is 72.8 Å². The average molecular weight is 556 g/mol. The first-order valence-electron chi connectivity index (χ1n) is 12.5. The Morgan fingerprint density at radius 3 is 1.85 bits per heavy atom. The van der Waals surface area contributed by atoms with Gasteiger partial charge in [0.05, 0.1) is 27.2 Å². The van der Waals surface area contributed by atoms with Crippen molar-refractivity contribution in [2.45, 2.75) is 6.42 Å². The fourth-order valence-electron chi connectivity index (χ4n) is 3.85. The van der Waals surface area contributed by atoms with E-state index in [0.717, 1.165) is 0 Å². The van der Waals surface area contributed by atoms with Crippen molar-refractivity contribution in [3.63, 3.8) is 0 Å². The molecule has 0 aliphatic carbocycles. The van der Waals surface area contributed by atoms with Gasteiger partial charge in [0, 0.05) is 16.9 Å². The summed E-state index contributed by atoms with van der Waals surface area (Å²) >= 11 is 0. The Balaban J connectivity index is 1.86. The molecule has 0 aliphatic rings. The number of carbonyl (C=O) groups excluding carboxylic acids is 3. The first-order chi connectivity index (χ1) is 19.9. The molecule has 3 rings (SSSR count). The van der Waals surface area contributed by atoms with Gasteiger partial charge >= 0.3 is 0 Å². The molecule has 0 spiro atoms. The number of carbonyl (C=O) groups is 3. The van der Waals surface area contributed by atoms with Crippen LogP contribution in [0.4, 0.5) is 0 Å². The molecular weight excluding hydrogens is 526 g/mol. The van der Waals surface area contributed by atoms with E-state index in [4.69, 9.17) is 24.5 Å². The molecule has 0 N–H and O–H groups in total. The van der Waals surface area contributed by atoms with Gasteiger partial charge in [-0.05, 0) is 53.1 Å². The minimum Gasteiger partial charge on any atom is -0.493 e. The number of nitrogens with zero attached hydrogens (tertiary/aromatic N) is 3. The second-order valence-electron chi connectivity index (χ2n) is 8.55. The van der Waals surface area contributed by atoms with Crippen molar-refractivity contribution < 1.29 is 33.3 Å². The minimum absolute atomic E-state index is 0.246. The number of rotatable bonds is 15. The summed E-state index contributed by atoms with van der Waals surface area (Å²) in [5.41, 5.74) is 10.1. The normalized spacial score (nSPS) is 11.5. The molecule has 0 bridgehead atoms. The van der Waals surface area contributed by atoms with Crippen LogP contribution in [0.3, 0.4) is 0 Å². The van der Waals surface area contributed by atoms with E-state index >= 15 is 0 Å². The molecule has 1 atom stereocenters. The van der Waals surface area contributed by atoms with Crippen molar-refractivity contribution in [3.05, 3.63) is 106 Å². The third-order valence-corrected chi connectivity index (χ3v) is 5.99. The van der Waals surface area contributed by atoms with E-state index in [2.05, 4.69) is 10.0 Å². The third-order valence-electron chi connectivity index (χ3n) is 5.99. The van der Waals surface area contributed by atoms with Crippen molar-refractivity contribution in [2.24, 2.45) is 11.0 Å². The standard InChI is InChI=1S/C31H29N3O7/c1-38-28-15-11-21(17-30(28)40-3)9-13-25(35)24(19-27(37)23-7-5-4-6-8-23)26(36)14-10-22-12-16-29(39-2)31(18-22)41-20-33-34-32/h4-18,24H,19-20H2,1-3H3/b13-9+,14-10+. The Kier molecular flexibility index (Phi) is 11.3. The van der Waals surface area contributed by atoms with E-state index in [9.17, 15) is 14.4 Å². The maximum Gasteiger partial charge on any atom is 0.167 e. The average Bonchev–Trinajstić information content (AvgIpc) is 3.01. The van der Waals surface area contributed by atoms with Crippen LogP contribution in [0.15, 0.2) is 84.0 Å². The zero-order chi connectivity index (χ0) is 29.6. The number of methoxy groups -OCH3 is 3. The Hall–Kier alpha value is -5.34. The molecule has 0 radical (unpaired) electrons. The number of allylic oxidation sites excluding steroid dienone is 2. The third kappa shape index (κ3) is 8.58. The number of hydrogen-bond acceptors (Lipinski definition) is 8. The summed E-state index contributed by atoms with van der Waals surface area (Å²) in [7, 11) is 4.49. The lowest BCUT2D eigenvalue weighted by Crippen LogP contribution is -2.24. The molecule has 0 fully saturated rings. The summed E-state index contributed by atoms with van der Waals surface area (Å²) < 4.78 is 21.2. The smallest absolute Gasteiger partial charge is 0.167 e. The molecule has 0 aromatic heterocycles.